The molecule has 0 spiro atoms. The number of hydrogen-bond donors (Lipinski definition) is 1. The van der Waals surface area contributed by atoms with Crippen LogP contribution in [0.15, 0.2) is 0 Å². The zero-order chi connectivity index (χ0) is 13.8. The SMILES string of the molecule is CNC(CCC1CCCC1)Cc1c(C)nn(C)c1Cl. The van der Waals surface area contributed by atoms with E-state index in [4.69, 9.17) is 11.6 Å². The smallest absolute Gasteiger partial charge is 0.130 e. The van der Waals surface area contributed by atoms with Crippen LogP contribution >= 0.6 is 11.6 Å². The molecule has 1 fully saturated rings. The molecule has 0 aromatic carbocycles. The van der Waals surface area contributed by atoms with Crippen LogP contribution in [0.4, 0.5) is 0 Å². The molecule has 1 N–H and O–H groups in total. The van der Waals surface area contributed by atoms with Crippen molar-refractivity contribution in [1.29, 1.82) is 0 Å². The van der Waals surface area contributed by atoms with E-state index >= 15 is 0 Å². The lowest BCUT2D eigenvalue weighted by Gasteiger charge is -2.18. The molecule has 2 rings (SSSR count). The van der Waals surface area contributed by atoms with Gasteiger partial charge in [0, 0.05) is 18.7 Å². The fraction of sp³-hybridized carbons (Fsp3) is 0.800. The Bertz CT molecular complexity index is 408. The van der Waals surface area contributed by atoms with Crippen LogP contribution in [-0.4, -0.2) is 22.9 Å². The van der Waals surface area contributed by atoms with E-state index in [0.717, 1.165) is 23.2 Å². The van der Waals surface area contributed by atoms with Crippen LogP contribution in [-0.2, 0) is 13.5 Å². The largest absolute Gasteiger partial charge is 0.317 e. The van der Waals surface area contributed by atoms with Gasteiger partial charge >= 0.3 is 0 Å². The summed E-state index contributed by atoms with van der Waals surface area (Å²) in [5.74, 6) is 0.960. The topological polar surface area (TPSA) is 29.9 Å². The summed E-state index contributed by atoms with van der Waals surface area (Å²) < 4.78 is 1.77. The van der Waals surface area contributed by atoms with E-state index in [1.165, 1.54) is 44.1 Å². The molecule has 1 aromatic heterocycles. The average Bonchev–Trinajstić information content (AvgIpc) is 2.98. The molecular weight excluding hydrogens is 258 g/mol. The van der Waals surface area contributed by atoms with Gasteiger partial charge < -0.3 is 5.32 Å². The van der Waals surface area contributed by atoms with Crippen molar-refractivity contribution >= 4 is 11.6 Å². The molecule has 0 bridgehead atoms. The van der Waals surface area contributed by atoms with E-state index in [0.29, 0.717) is 6.04 Å². The number of rotatable bonds is 6. The quantitative estimate of drug-likeness (QED) is 0.866. The first-order chi connectivity index (χ1) is 9.11. The number of hydrogen-bond acceptors (Lipinski definition) is 2. The highest BCUT2D eigenvalue weighted by Crippen LogP contribution is 2.29. The molecule has 1 aliphatic carbocycles. The summed E-state index contributed by atoms with van der Waals surface area (Å²) in [4.78, 5) is 0. The van der Waals surface area contributed by atoms with E-state index in [1.54, 1.807) is 4.68 Å². The highest BCUT2D eigenvalue weighted by molar-refractivity contribution is 6.30. The standard InChI is InChI=1S/C15H26ClN3/c1-11-14(15(16)19(3)18-11)10-13(17-2)9-8-12-6-4-5-7-12/h12-13,17H,4-10H2,1-3H3. The molecule has 1 saturated carbocycles. The van der Waals surface area contributed by atoms with E-state index in [9.17, 15) is 0 Å². The van der Waals surface area contributed by atoms with Crippen LogP contribution in [0.25, 0.3) is 0 Å². The summed E-state index contributed by atoms with van der Waals surface area (Å²) in [5.41, 5.74) is 2.27. The number of halogens is 1. The number of aromatic nitrogens is 2. The lowest BCUT2D eigenvalue weighted by atomic mass is 9.95. The van der Waals surface area contributed by atoms with Crippen molar-refractivity contribution < 1.29 is 0 Å². The van der Waals surface area contributed by atoms with Gasteiger partial charge in [0.1, 0.15) is 5.15 Å². The molecule has 1 unspecified atom stereocenters. The van der Waals surface area contributed by atoms with Gasteiger partial charge in [-0.15, -0.1) is 0 Å². The van der Waals surface area contributed by atoms with Crippen LogP contribution in [0.5, 0.6) is 0 Å². The maximum absolute atomic E-state index is 6.32. The average molecular weight is 284 g/mol. The lowest BCUT2D eigenvalue weighted by Crippen LogP contribution is -2.28. The van der Waals surface area contributed by atoms with Crippen molar-refractivity contribution in [2.45, 2.75) is 57.9 Å². The van der Waals surface area contributed by atoms with Gasteiger partial charge in [-0.1, -0.05) is 37.3 Å². The van der Waals surface area contributed by atoms with Crippen LogP contribution in [0, 0.1) is 12.8 Å². The van der Waals surface area contributed by atoms with Crippen molar-refractivity contribution in [2.75, 3.05) is 7.05 Å². The number of likely N-dealkylation sites (N-methyl/N-ethyl adjacent to an activating group) is 1. The minimum Gasteiger partial charge on any atom is -0.317 e. The summed E-state index contributed by atoms with van der Waals surface area (Å²) in [7, 11) is 3.96. The lowest BCUT2D eigenvalue weighted by molar-refractivity contribution is 0.418. The summed E-state index contributed by atoms with van der Waals surface area (Å²) >= 11 is 6.32. The third-order valence-corrected chi connectivity index (χ3v) is 5.00. The van der Waals surface area contributed by atoms with E-state index in [-0.39, 0.29) is 0 Å². The Balaban J connectivity index is 1.90. The Morgan fingerprint density at radius 2 is 2.11 bits per heavy atom. The number of nitrogens with zero attached hydrogens (tertiary/aromatic N) is 2. The normalized spacial score (nSPS) is 18.1. The second-order valence-corrected chi connectivity index (χ2v) is 6.25. The molecule has 4 heteroatoms. The van der Waals surface area contributed by atoms with Gasteiger partial charge in [-0.2, -0.15) is 5.10 Å². The minimum absolute atomic E-state index is 0.515. The highest BCUT2D eigenvalue weighted by atomic mass is 35.5. The molecule has 1 aliphatic rings. The molecular formula is C15H26ClN3. The monoisotopic (exact) mass is 283 g/mol. The Hall–Kier alpha value is -0.540. The van der Waals surface area contributed by atoms with Gasteiger partial charge in [-0.3, -0.25) is 4.68 Å². The predicted octanol–water partition coefficient (Wildman–Crippen LogP) is 3.48. The second-order valence-electron chi connectivity index (χ2n) is 5.90. The summed E-state index contributed by atoms with van der Waals surface area (Å²) in [5, 5.41) is 8.63. The van der Waals surface area contributed by atoms with E-state index in [2.05, 4.69) is 17.5 Å². The summed E-state index contributed by atoms with van der Waals surface area (Å²) in [6, 6.07) is 0.515. The molecule has 0 radical (unpaired) electrons. The summed E-state index contributed by atoms with van der Waals surface area (Å²) in [6.45, 7) is 2.05. The van der Waals surface area contributed by atoms with Gasteiger partial charge in [0.05, 0.1) is 5.69 Å². The van der Waals surface area contributed by atoms with Crippen molar-refractivity contribution in [1.82, 2.24) is 15.1 Å². The maximum Gasteiger partial charge on any atom is 0.130 e. The van der Waals surface area contributed by atoms with Gasteiger partial charge in [-0.05, 0) is 39.2 Å². The fourth-order valence-corrected chi connectivity index (χ4v) is 3.49. The number of nitrogens with one attached hydrogen (secondary N) is 1. The third kappa shape index (κ3) is 3.73. The summed E-state index contributed by atoms with van der Waals surface area (Å²) in [6.07, 6.45) is 9.31. The zero-order valence-electron chi connectivity index (χ0n) is 12.4. The van der Waals surface area contributed by atoms with Crippen LogP contribution in [0.2, 0.25) is 5.15 Å². The Morgan fingerprint density at radius 1 is 1.42 bits per heavy atom. The van der Waals surface area contributed by atoms with Crippen molar-refractivity contribution in [3.8, 4) is 0 Å². The maximum atomic E-state index is 6.32. The first-order valence-electron chi connectivity index (χ1n) is 7.47. The molecule has 0 amide bonds. The first kappa shape index (κ1) is 14.9. The molecule has 108 valence electrons. The van der Waals surface area contributed by atoms with Crippen molar-refractivity contribution in [3.63, 3.8) is 0 Å². The van der Waals surface area contributed by atoms with Gasteiger partial charge in [0.15, 0.2) is 0 Å². The molecule has 1 heterocycles. The zero-order valence-corrected chi connectivity index (χ0v) is 13.1. The Kier molecular flexibility index (Phi) is 5.28. The Morgan fingerprint density at radius 3 is 2.63 bits per heavy atom. The highest BCUT2D eigenvalue weighted by Gasteiger charge is 2.19. The van der Waals surface area contributed by atoms with Crippen LogP contribution in [0.1, 0.15) is 49.8 Å². The molecule has 0 aliphatic heterocycles. The van der Waals surface area contributed by atoms with Crippen molar-refractivity contribution in [3.05, 3.63) is 16.4 Å². The van der Waals surface area contributed by atoms with Gasteiger partial charge in [0.25, 0.3) is 0 Å². The molecule has 19 heavy (non-hydrogen) atoms. The minimum atomic E-state index is 0.515. The third-order valence-electron chi connectivity index (χ3n) is 4.53. The van der Waals surface area contributed by atoms with Crippen LogP contribution in [0.3, 0.4) is 0 Å². The number of aryl methyl sites for hydroxylation is 2. The predicted molar refractivity (Wildman–Crippen MR) is 80.7 cm³/mol. The van der Waals surface area contributed by atoms with E-state index in [1.807, 2.05) is 14.0 Å². The molecule has 1 atom stereocenters. The second kappa shape index (κ2) is 6.76. The van der Waals surface area contributed by atoms with Gasteiger partial charge in [-0.25, -0.2) is 0 Å². The molecule has 1 aromatic rings. The molecule has 0 saturated heterocycles. The van der Waals surface area contributed by atoms with Gasteiger partial charge in [0.2, 0.25) is 0 Å². The fourth-order valence-electron chi connectivity index (χ4n) is 3.24. The molecule has 3 nitrogen and oxygen atoms in total. The van der Waals surface area contributed by atoms with Crippen LogP contribution < -0.4 is 5.32 Å². The van der Waals surface area contributed by atoms with E-state index < -0.39 is 0 Å². The van der Waals surface area contributed by atoms with Crippen molar-refractivity contribution in [2.24, 2.45) is 13.0 Å². The first-order valence-corrected chi connectivity index (χ1v) is 7.84. The Labute approximate surface area is 121 Å².